The third-order valence-electron chi connectivity index (χ3n) is 5.55. The number of aromatic nitrogens is 1. The lowest BCUT2D eigenvalue weighted by molar-refractivity contribution is -0.128. The molecule has 4 rings (SSSR count). The Morgan fingerprint density at radius 3 is 2.52 bits per heavy atom. The second-order valence-electron chi connectivity index (χ2n) is 7.03. The fourth-order valence-electron chi connectivity index (χ4n) is 4.25. The van der Waals surface area contributed by atoms with E-state index in [1.165, 1.54) is 12.8 Å². The van der Waals surface area contributed by atoms with Crippen LogP contribution < -0.4 is 0 Å². The molecule has 0 radical (unpaired) electrons. The van der Waals surface area contributed by atoms with E-state index >= 15 is 0 Å². The van der Waals surface area contributed by atoms with Crippen LogP contribution in [-0.2, 0) is 4.79 Å². The standard InChI is InChI=1S/C22H22N2O/c1-24-20-10-6-5-9-18(20)21(22(24)25)19-14-13-17(15-23-19)12-11-16-7-3-2-4-8-16/h2-4,7-8,13-15,18,20-21H,5-6,9-10H2,1H3/t18?,20?,21-/m0/s1. The Morgan fingerprint density at radius 2 is 1.76 bits per heavy atom. The number of hydrogen-bond acceptors (Lipinski definition) is 2. The fourth-order valence-corrected chi connectivity index (χ4v) is 4.25. The highest BCUT2D eigenvalue weighted by Gasteiger charge is 2.48. The summed E-state index contributed by atoms with van der Waals surface area (Å²) in [5.41, 5.74) is 2.77. The van der Waals surface area contributed by atoms with Gasteiger partial charge in [0.1, 0.15) is 0 Å². The van der Waals surface area contributed by atoms with Gasteiger partial charge in [0.05, 0.1) is 11.6 Å². The Balaban J connectivity index is 1.56. The summed E-state index contributed by atoms with van der Waals surface area (Å²) in [5.74, 6) is 6.86. The maximum absolute atomic E-state index is 12.7. The van der Waals surface area contributed by atoms with Gasteiger partial charge in [0.25, 0.3) is 0 Å². The van der Waals surface area contributed by atoms with Gasteiger partial charge in [-0.25, -0.2) is 0 Å². The van der Waals surface area contributed by atoms with Crippen LogP contribution in [0, 0.1) is 17.8 Å². The summed E-state index contributed by atoms with van der Waals surface area (Å²) in [5, 5.41) is 0. The van der Waals surface area contributed by atoms with Gasteiger partial charge in [-0.05, 0) is 43.0 Å². The van der Waals surface area contributed by atoms with E-state index in [-0.39, 0.29) is 11.8 Å². The summed E-state index contributed by atoms with van der Waals surface area (Å²) in [6.45, 7) is 0. The molecule has 2 heterocycles. The molecule has 2 aromatic rings. The summed E-state index contributed by atoms with van der Waals surface area (Å²) in [6.07, 6.45) is 6.51. The van der Waals surface area contributed by atoms with Crippen molar-refractivity contribution in [2.75, 3.05) is 7.05 Å². The van der Waals surface area contributed by atoms with E-state index in [4.69, 9.17) is 0 Å². The first kappa shape index (κ1) is 15.9. The van der Waals surface area contributed by atoms with Crippen LogP contribution in [0.3, 0.4) is 0 Å². The van der Waals surface area contributed by atoms with Crippen molar-refractivity contribution in [3.05, 3.63) is 65.5 Å². The lowest BCUT2D eigenvalue weighted by Gasteiger charge is -2.29. The maximum Gasteiger partial charge on any atom is 0.232 e. The van der Waals surface area contributed by atoms with Gasteiger partial charge in [0.15, 0.2) is 0 Å². The van der Waals surface area contributed by atoms with Crippen LogP contribution >= 0.6 is 0 Å². The second kappa shape index (κ2) is 6.72. The Morgan fingerprint density at radius 1 is 1.00 bits per heavy atom. The van der Waals surface area contributed by atoms with E-state index in [2.05, 4.69) is 16.8 Å². The van der Waals surface area contributed by atoms with Crippen molar-refractivity contribution < 1.29 is 4.79 Å². The number of likely N-dealkylation sites (tertiary alicyclic amines) is 1. The molecule has 3 nitrogen and oxygen atoms in total. The molecule has 1 saturated carbocycles. The molecule has 0 N–H and O–H groups in total. The molecule has 2 unspecified atom stereocenters. The molecule has 126 valence electrons. The number of rotatable bonds is 1. The summed E-state index contributed by atoms with van der Waals surface area (Å²) in [7, 11) is 1.95. The molecule has 1 aromatic heterocycles. The lowest BCUT2D eigenvalue weighted by Crippen LogP contribution is -2.33. The molecule has 3 atom stereocenters. The van der Waals surface area contributed by atoms with Crippen LogP contribution in [0.4, 0.5) is 0 Å². The van der Waals surface area contributed by atoms with Crippen LogP contribution in [0.1, 0.15) is 48.4 Å². The Hall–Kier alpha value is -2.60. The smallest absolute Gasteiger partial charge is 0.232 e. The second-order valence-corrected chi connectivity index (χ2v) is 7.03. The first-order chi connectivity index (χ1) is 12.2. The molecule has 3 heteroatoms. The summed E-state index contributed by atoms with van der Waals surface area (Å²) < 4.78 is 0. The zero-order valence-electron chi connectivity index (χ0n) is 14.5. The zero-order valence-corrected chi connectivity index (χ0v) is 14.5. The Labute approximate surface area is 149 Å². The molecule has 1 aliphatic heterocycles. The molecule has 1 saturated heterocycles. The van der Waals surface area contributed by atoms with Gasteiger partial charge >= 0.3 is 0 Å². The Bertz CT molecular complexity index is 817. The van der Waals surface area contributed by atoms with E-state index in [0.29, 0.717) is 12.0 Å². The van der Waals surface area contributed by atoms with E-state index in [1.807, 2.05) is 54.4 Å². The number of amides is 1. The van der Waals surface area contributed by atoms with Gasteiger partial charge in [-0.1, -0.05) is 42.9 Å². The third-order valence-corrected chi connectivity index (χ3v) is 5.55. The highest BCUT2D eigenvalue weighted by Crippen LogP contribution is 2.44. The molecule has 2 fully saturated rings. The minimum absolute atomic E-state index is 0.0774. The van der Waals surface area contributed by atoms with Crippen molar-refractivity contribution in [3.63, 3.8) is 0 Å². The van der Waals surface area contributed by atoms with Gasteiger partial charge in [-0.3, -0.25) is 9.78 Å². The number of nitrogens with zero attached hydrogens (tertiary/aromatic N) is 2. The predicted octanol–water partition coefficient (Wildman–Crippen LogP) is 3.60. The molecule has 2 aliphatic rings. The Kier molecular flexibility index (Phi) is 4.28. The van der Waals surface area contributed by atoms with Crippen molar-refractivity contribution >= 4 is 5.91 Å². The van der Waals surface area contributed by atoms with Crippen molar-refractivity contribution in [1.29, 1.82) is 0 Å². The number of carbonyl (C=O) groups excluding carboxylic acids is 1. The number of fused-ring (bicyclic) bond motifs is 1. The van der Waals surface area contributed by atoms with E-state index in [9.17, 15) is 4.79 Å². The van der Waals surface area contributed by atoms with E-state index < -0.39 is 0 Å². The molecule has 1 aliphatic carbocycles. The number of hydrogen-bond donors (Lipinski definition) is 0. The van der Waals surface area contributed by atoms with E-state index in [0.717, 1.165) is 29.7 Å². The fraction of sp³-hybridized carbons (Fsp3) is 0.364. The third kappa shape index (κ3) is 3.05. The van der Waals surface area contributed by atoms with Crippen molar-refractivity contribution in [1.82, 2.24) is 9.88 Å². The average Bonchev–Trinajstić information content (AvgIpc) is 2.92. The summed E-state index contributed by atoms with van der Waals surface area (Å²) in [6, 6.07) is 14.3. The molecule has 1 amide bonds. The van der Waals surface area contributed by atoms with Gasteiger partial charge < -0.3 is 4.90 Å². The van der Waals surface area contributed by atoms with Crippen LogP contribution in [0.5, 0.6) is 0 Å². The highest BCUT2D eigenvalue weighted by molar-refractivity contribution is 5.86. The largest absolute Gasteiger partial charge is 0.342 e. The average molecular weight is 330 g/mol. The quantitative estimate of drug-likeness (QED) is 0.749. The van der Waals surface area contributed by atoms with Crippen LogP contribution in [-0.4, -0.2) is 28.9 Å². The zero-order chi connectivity index (χ0) is 17.2. The number of likely N-dealkylation sites (N-methyl/N-ethyl adjacent to an activating group) is 1. The summed E-state index contributed by atoms with van der Waals surface area (Å²) >= 11 is 0. The summed E-state index contributed by atoms with van der Waals surface area (Å²) in [4.78, 5) is 19.3. The highest BCUT2D eigenvalue weighted by atomic mass is 16.2. The van der Waals surface area contributed by atoms with Gasteiger partial charge in [0.2, 0.25) is 5.91 Å². The minimum atomic E-state index is -0.0774. The molecule has 25 heavy (non-hydrogen) atoms. The van der Waals surface area contributed by atoms with E-state index in [1.54, 1.807) is 6.20 Å². The first-order valence-electron chi connectivity index (χ1n) is 9.04. The van der Waals surface area contributed by atoms with Gasteiger partial charge in [0, 0.05) is 30.4 Å². The normalized spacial score (nSPS) is 25.2. The molecule has 0 bridgehead atoms. The van der Waals surface area contributed by atoms with Gasteiger partial charge in [-0.2, -0.15) is 0 Å². The molecular weight excluding hydrogens is 308 g/mol. The van der Waals surface area contributed by atoms with Crippen LogP contribution in [0.2, 0.25) is 0 Å². The number of benzene rings is 1. The molecule has 0 spiro atoms. The molecular formula is C22H22N2O. The minimum Gasteiger partial charge on any atom is -0.342 e. The van der Waals surface area contributed by atoms with Gasteiger partial charge in [-0.15, -0.1) is 0 Å². The SMILES string of the molecule is CN1C(=O)[C@H](c2ccc(C#Cc3ccccc3)cn2)C2CCCCC21. The molecule has 1 aromatic carbocycles. The topological polar surface area (TPSA) is 33.2 Å². The van der Waals surface area contributed by atoms with Crippen molar-refractivity contribution in [2.45, 2.75) is 37.6 Å². The maximum atomic E-state index is 12.7. The number of pyridine rings is 1. The number of carbonyl (C=O) groups is 1. The van der Waals surface area contributed by atoms with Crippen molar-refractivity contribution in [3.8, 4) is 11.8 Å². The van der Waals surface area contributed by atoms with Crippen LogP contribution in [0.15, 0.2) is 48.7 Å². The first-order valence-corrected chi connectivity index (χ1v) is 9.04. The lowest BCUT2D eigenvalue weighted by atomic mass is 9.78. The van der Waals surface area contributed by atoms with Crippen molar-refractivity contribution in [2.24, 2.45) is 5.92 Å². The van der Waals surface area contributed by atoms with Crippen LogP contribution in [0.25, 0.3) is 0 Å². The predicted molar refractivity (Wildman–Crippen MR) is 97.9 cm³/mol. The monoisotopic (exact) mass is 330 g/mol.